The van der Waals surface area contributed by atoms with Crippen LogP contribution in [0.15, 0.2) is 67.3 Å². The number of rotatable bonds is 2. The molecule has 0 N–H and O–H groups in total. The Labute approximate surface area is 120 Å². The Balaban J connectivity index is 1.86. The number of benzene rings is 2. The van der Waals surface area contributed by atoms with Gasteiger partial charge in [0.25, 0.3) is 0 Å². The highest BCUT2D eigenvalue weighted by atomic mass is 16.1. The van der Waals surface area contributed by atoms with Crippen molar-refractivity contribution in [3.05, 3.63) is 78.4 Å². The molecule has 0 bridgehead atoms. The van der Waals surface area contributed by atoms with E-state index in [-0.39, 0.29) is 5.78 Å². The van der Waals surface area contributed by atoms with Gasteiger partial charge in [0.15, 0.2) is 5.78 Å². The molecule has 100 valence electrons. The van der Waals surface area contributed by atoms with Crippen molar-refractivity contribution in [1.82, 2.24) is 14.6 Å². The minimum absolute atomic E-state index is 0.0382. The summed E-state index contributed by atoms with van der Waals surface area (Å²) in [6.07, 6.45) is 6.62. The lowest BCUT2D eigenvalue weighted by Crippen LogP contribution is -2.01. The van der Waals surface area contributed by atoms with Crippen molar-refractivity contribution in [2.75, 3.05) is 0 Å². The van der Waals surface area contributed by atoms with Crippen LogP contribution in [-0.2, 0) is 0 Å². The normalized spacial score (nSPS) is 11.0. The zero-order chi connectivity index (χ0) is 14.2. The van der Waals surface area contributed by atoms with Crippen LogP contribution in [0.2, 0.25) is 0 Å². The Bertz CT molecular complexity index is 972. The van der Waals surface area contributed by atoms with Crippen LogP contribution in [0.1, 0.15) is 15.9 Å². The molecule has 0 amide bonds. The lowest BCUT2D eigenvalue weighted by molar-refractivity contribution is 0.104. The van der Waals surface area contributed by atoms with Crippen molar-refractivity contribution in [1.29, 1.82) is 0 Å². The number of ketones is 1. The fourth-order valence-corrected chi connectivity index (χ4v) is 2.50. The summed E-state index contributed by atoms with van der Waals surface area (Å²) in [4.78, 5) is 16.7. The largest absolute Gasteiger partial charge is 0.288 e. The summed E-state index contributed by atoms with van der Waals surface area (Å²) in [7, 11) is 0. The van der Waals surface area contributed by atoms with Crippen LogP contribution < -0.4 is 0 Å². The molecule has 0 unspecified atom stereocenters. The highest BCUT2D eigenvalue weighted by molar-refractivity contribution is 6.14. The van der Waals surface area contributed by atoms with Crippen LogP contribution in [0.4, 0.5) is 0 Å². The molecular formula is C17H11N3O. The van der Waals surface area contributed by atoms with Gasteiger partial charge in [-0.1, -0.05) is 36.4 Å². The molecule has 4 nitrogen and oxygen atoms in total. The van der Waals surface area contributed by atoms with Crippen molar-refractivity contribution >= 4 is 22.1 Å². The van der Waals surface area contributed by atoms with Crippen LogP contribution in [0.25, 0.3) is 16.3 Å². The summed E-state index contributed by atoms with van der Waals surface area (Å²) in [5.41, 5.74) is 1.95. The topological polar surface area (TPSA) is 47.3 Å². The van der Waals surface area contributed by atoms with Gasteiger partial charge in [0.1, 0.15) is 0 Å². The maximum absolute atomic E-state index is 12.7. The van der Waals surface area contributed by atoms with E-state index >= 15 is 0 Å². The van der Waals surface area contributed by atoms with Gasteiger partial charge >= 0.3 is 0 Å². The second kappa shape index (κ2) is 4.52. The van der Waals surface area contributed by atoms with Crippen LogP contribution in [0, 0.1) is 0 Å². The van der Waals surface area contributed by atoms with Gasteiger partial charge in [-0.2, -0.15) is 5.10 Å². The van der Waals surface area contributed by atoms with Crippen LogP contribution >= 0.6 is 0 Å². The van der Waals surface area contributed by atoms with Crippen molar-refractivity contribution in [3.63, 3.8) is 0 Å². The molecule has 0 fully saturated rings. The summed E-state index contributed by atoms with van der Waals surface area (Å²) in [5, 5.41) is 6.36. The van der Waals surface area contributed by atoms with Gasteiger partial charge in [0, 0.05) is 18.0 Å². The number of hydrogen-bond acceptors (Lipinski definition) is 3. The Morgan fingerprint density at radius 2 is 1.86 bits per heavy atom. The molecule has 0 saturated carbocycles. The predicted octanol–water partition coefficient (Wildman–Crippen LogP) is 3.11. The molecule has 0 saturated heterocycles. The average molecular weight is 273 g/mol. The monoisotopic (exact) mass is 273 g/mol. The van der Waals surface area contributed by atoms with Crippen molar-refractivity contribution < 1.29 is 4.79 Å². The number of carbonyl (C=O) groups excluding carboxylic acids is 1. The van der Waals surface area contributed by atoms with Gasteiger partial charge in [0.2, 0.25) is 0 Å². The van der Waals surface area contributed by atoms with Crippen LogP contribution in [0.5, 0.6) is 0 Å². The number of fused-ring (bicyclic) bond motifs is 2. The highest BCUT2D eigenvalue weighted by Crippen LogP contribution is 2.19. The average Bonchev–Trinajstić information content (AvgIpc) is 2.98. The van der Waals surface area contributed by atoms with Gasteiger partial charge in [-0.15, -0.1) is 0 Å². The zero-order valence-electron chi connectivity index (χ0n) is 11.1. The molecule has 21 heavy (non-hydrogen) atoms. The number of nitrogens with zero attached hydrogens (tertiary/aromatic N) is 3. The first-order chi connectivity index (χ1) is 10.3. The minimum atomic E-state index is -0.0382. The molecule has 0 atom stereocenters. The second-order valence-corrected chi connectivity index (χ2v) is 4.86. The third-order valence-corrected chi connectivity index (χ3v) is 3.58. The van der Waals surface area contributed by atoms with E-state index in [0.717, 1.165) is 16.3 Å². The molecule has 2 heterocycles. The van der Waals surface area contributed by atoms with E-state index < -0.39 is 0 Å². The molecule has 2 aromatic heterocycles. The van der Waals surface area contributed by atoms with E-state index in [1.54, 1.807) is 29.3 Å². The van der Waals surface area contributed by atoms with Crippen LogP contribution in [-0.4, -0.2) is 20.4 Å². The fourth-order valence-electron chi connectivity index (χ4n) is 2.50. The Kier molecular flexibility index (Phi) is 2.54. The Morgan fingerprint density at radius 3 is 2.76 bits per heavy atom. The number of hydrogen-bond donors (Lipinski definition) is 0. The predicted molar refractivity (Wildman–Crippen MR) is 80.4 cm³/mol. The molecule has 4 heteroatoms. The lowest BCUT2D eigenvalue weighted by Gasteiger charge is -2.02. The summed E-state index contributed by atoms with van der Waals surface area (Å²) in [6, 6.07) is 13.7. The van der Waals surface area contributed by atoms with Gasteiger partial charge in [-0.25, -0.2) is 4.52 Å². The standard InChI is InChI=1S/C17H11N3O/c21-17(15-10-19-20-8-7-18-11-16(15)20)14-6-5-12-3-1-2-4-13(12)9-14/h1-11H. The van der Waals surface area contributed by atoms with Crippen molar-refractivity contribution in [2.45, 2.75) is 0 Å². The summed E-state index contributed by atoms with van der Waals surface area (Å²) in [5.74, 6) is -0.0382. The second-order valence-electron chi connectivity index (χ2n) is 4.86. The molecule has 0 spiro atoms. The van der Waals surface area contributed by atoms with Gasteiger partial charge in [-0.3, -0.25) is 9.78 Å². The molecule has 0 aliphatic rings. The lowest BCUT2D eigenvalue weighted by atomic mass is 10.0. The molecular weight excluding hydrogens is 262 g/mol. The molecule has 0 aliphatic heterocycles. The molecule has 0 aliphatic carbocycles. The van der Waals surface area contributed by atoms with Crippen molar-refractivity contribution in [3.8, 4) is 0 Å². The quantitative estimate of drug-likeness (QED) is 0.527. The first-order valence-electron chi connectivity index (χ1n) is 6.64. The summed E-state index contributed by atoms with van der Waals surface area (Å²) in [6.45, 7) is 0. The molecule has 2 aromatic carbocycles. The van der Waals surface area contributed by atoms with E-state index in [9.17, 15) is 4.79 Å². The van der Waals surface area contributed by atoms with Crippen LogP contribution in [0.3, 0.4) is 0 Å². The van der Waals surface area contributed by atoms with E-state index in [1.807, 2.05) is 42.5 Å². The third-order valence-electron chi connectivity index (χ3n) is 3.58. The Morgan fingerprint density at radius 1 is 1.00 bits per heavy atom. The number of aromatic nitrogens is 3. The smallest absolute Gasteiger partial charge is 0.196 e. The number of carbonyl (C=O) groups is 1. The van der Waals surface area contributed by atoms with Gasteiger partial charge in [-0.05, 0) is 16.8 Å². The van der Waals surface area contributed by atoms with Gasteiger partial charge in [0.05, 0.1) is 23.5 Å². The third kappa shape index (κ3) is 1.89. The van der Waals surface area contributed by atoms with E-state index in [4.69, 9.17) is 0 Å². The Hall–Kier alpha value is -3.01. The SMILES string of the molecule is O=C(c1ccc2ccccc2c1)c1cnn2ccncc12. The molecule has 4 aromatic rings. The molecule has 4 rings (SSSR count). The fraction of sp³-hybridized carbons (Fsp3) is 0. The van der Waals surface area contributed by atoms with E-state index in [2.05, 4.69) is 10.1 Å². The summed E-state index contributed by atoms with van der Waals surface area (Å²) < 4.78 is 1.65. The highest BCUT2D eigenvalue weighted by Gasteiger charge is 2.15. The van der Waals surface area contributed by atoms with Gasteiger partial charge < -0.3 is 0 Å². The zero-order valence-corrected chi connectivity index (χ0v) is 11.1. The maximum atomic E-state index is 12.7. The summed E-state index contributed by atoms with van der Waals surface area (Å²) >= 11 is 0. The van der Waals surface area contributed by atoms with E-state index in [0.29, 0.717) is 11.1 Å². The molecule has 0 radical (unpaired) electrons. The van der Waals surface area contributed by atoms with Crippen molar-refractivity contribution in [2.24, 2.45) is 0 Å². The maximum Gasteiger partial charge on any atom is 0.196 e. The minimum Gasteiger partial charge on any atom is -0.288 e. The first-order valence-corrected chi connectivity index (χ1v) is 6.64. The van der Waals surface area contributed by atoms with E-state index in [1.165, 1.54) is 0 Å². The first kappa shape index (κ1) is 11.8.